The molecule has 0 aliphatic carbocycles. The Balaban J connectivity index is 2.08. The first-order valence-corrected chi connectivity index (χ1v) is 7.80. The molecule has 1 aliphatic heterocycles. The van der Waals surface area contributed by atoms with Crippen molar-refractivity contribution in [1.29, 1.82) is 0 Å². The SMILES string of the molecule is COc1cc2c(cc1OC)C(c1ccc(Cl)c(Cl)c1)CNC2. The van der Waals surface area contributed by atoms with Gasteiger partial charge in [-0.1, -0.05) is 29.3 Å². The fourth-order valence-corrected chi connectivity index (χ4v) is 3.21. The van der Waals surface area contributed by atoms with Crippen LogP contribution in [-0.4, -0.2) is 20.8 Å². The fraction of sp³-hybridized carbons (Fsp3) is 0.294. The van der Waals surface area contributed by atoms with Crippen molar-refractivity contribution in [1.82, 2.24) is 5.32 Å². The van der Waals surface area contributed by atoms with Gasteiger partial charge in [0.05, 0.1) is 24.3 Å². The zero-order valence-electron chi connectivity index (χ0n) is 12.5. The maximum absolute atomic E-state index is 6.17. The minimum Gasteiger partial charge on any atom is -0.493 e. The summed E-state index contributed by atoms with van der Waals surface area (Å²) in [6.07, 6.45) is 0. The lowest BCUT2D eigenvalue weighted by molar-refractivity contribution is 0.353. The topological polar surface area (TPSA) is 30.5 Å². The summed E-state index contributed by atoms with van der Waals surface area (Å²) >= 11 is 12.2. The molecule has 3 rings (SSSR count). The molecule has 2 aromatic carbocycles. The van der Waals surface area contributed by atoms with Gasteiger partial charge in [0, 0.05) is 19.0 Å². The average Bonchev–Trinajstić information content (AvgIpc) is 2.55. The van der Waals surface area contributed by atoms with Crippen molar-refractivity contribution in [2.45, 2.75) is 12.5 Å². The van der Waals surface area contributed by atoms with E-state index in [1.54, 1.807) is 14.2 Å². The van der Waals surface area contributed by atoms with E-state index in [2.05, 4.69) is 11.4 Å². The van der Waals surface area contributed by atoms with Crippen LogP contribution < -0.4 is 14.8 Å². The van der Waals surface area contributed by atoms with Gasteiger partial charge in [0.25, 0.3) is 0 Å². The van der Waals surface area contributed by atoms with E-state index in [1.807, 2.05) is 24.3 Å². The molecule has 116 valence electrons. The molecule has 0 saturated heterocycles. The van der Waals surface area contributed by atoms with Crippen LogP contribution in [0.4, 0.5) is 0 Å². The summed E-state index contributed by atoms with van der Waals surface area (Å²) in [5.74, 6) is 1.70. The number of ether oxygens (including phenoxy) is 2. The summed E-state index contributed by atoms with van der Waals surface area (Å²) in [4.78, 5) is 0. The minimum atomic E-state index is 0.207. The van der Waals surface area contributed by atoms with Crippen molar-refractivity contribution in [3.05, 3.63) is 57.1 Å². The number of hydrogen-bond donors (Lipinski definition) is 1. The molecule has 1 atom stereocenters. The van der Waals surface area contributed by atoms with Gasteiger partial charge >= 0.3 is 0 Å². The van der Waals surface area contributed by atoms with Crippen LogP contribution in [0, 0.1) is 0 Å². The average molecular weight is 338 g/mol. The second-order valence-corrected chi connectivity index (χ2v) is 6.08. The van der Waals surface area contributed by atoms with Crippen LogP contribution in [0.1, 0.15) is 22.6 Å². The molecular formula is C17H17Cl2NO2. The van der Waals surface area contributed by atoms with Gasteiger partial charge in [0.2, 0.25) is 0 Å². The van der Waals surface area contributed by atoms with Crippen LogP contribution >= 0.6 is 23.2 Å². The van der Waals surface area contributed by atoms with Crippen molar-refractivity contribution in [2.75, 3.05) is 20.8 Å². The van der Waals surface area contributed by atoms with E-state index in [1.165, 1.54) is 11.1 Å². The molecule has 1 aliphatic rings. The zero-order valence-corrected chi connectivity index (χ0v) is 14.0. The Hall–Kier alpha value is -1.42. The third kappa shape index (κ3) is 2.76. The van der Waals surface area contributed by atoms with E-state index in [0.717, 1.165) is 30.2 Å². The number of fused-ring (bicyclic) bond motifs is 1. The number of nitrogens with one attached hydrogen (secondary N) is 1. The van der Waals surface area contributed by atoms with Gasteiger partial charge in [-0.25, -0.2) is 0 Å². The van der Waals surface area contributed by atoms with Crippen LogP contribution in [0.25, 0.3) is 0 Å². The predicted molar refractivity (Wildman–Crippen MR) is 89.6 cm³/mol. The van der Waals surface area contributed by atoms with E-state index in [9.17, 15) is 0 Å². The molecular weight excluding hydrogens is 321 g/mol. The number of halogens is 2. The summed E-state index contributed by atoms with van der Waals surface area (Å²) in [6, 6.07) is 9.88. The number of rotatable bonds is 3. The highest BCUT2D eigenvalue weighted by molar-refractivity contribution is 6.42. The molecule has 0 amide bonds. The molecule has 0 aromatic heterocycles. The van der Waals surface area contributed by atoms with Crippen LogP contribution in [-0.2, 0) is 6.54 Å². The van der Waals surface area contributed by atoms with Crippen molar-refractivity contribution in [3.8, 4) is 11.5 Å². The molecule has 1 unspecified atom stereocenters. The Bertz CT molecular complexity index is 703. The van der Waals surface area contributed by atoms with E-state index < -0.39 is 0 Å². The summed E-state index contributed by atoms with van der Waals surface area (Å²) in [7, 11) is 3.30. The first kappa shape index (κ1) is 15.5. The molecule has 0 spiro atoms. The fourth-order valence-electron chi connectivity index (χ4n) is 2.90. The van der Waals surface area contributed by atoms with Crippen molar-refractivity contribution < 1.29 is 9.47 Å². The van der Waals surface area contributed by atoms with Crippen LogP contribution in [0.2, 0.25) is 10.0 Å². The molecule has 0 radical (unpaired) electrons. The molecule has 1 heterocycles. The second-order valence-electron chi connectivity index (χ2n) is 5.26. The van der Waals surface area contributed by atoms with Gasteiger partial charge < -0.3 is 14.8 Å². The lowest BCUT2D eigenvalue weighted by Gasteiger charge is -2.28. The zero-order chi connectivity index (χ0) is 15.7. The Morgan fingerprint density at radius 1 is 1.00 bits per heavy atom. The third-order valence-electron chi connectivity index (χ3n) is 4.03. The maximum atomic E-state index is 6.17. The Morgan fingerprint density at radius 3 is 2.41 bits per heavy atom. The first-order valence-electron chi connectivity index (χ1n) is 7.04. The smallest absolute Gasteiger partial charge is 0.161 e. The van der Waals surface area contributed by atoms with E-state index >= 15 is 0 Å². The van der Waals surface area contributed by atoms with Gasteiger partial charge in [-0.15, -0.1) is 0 Å². The van der Waals surface area contributed by atoms with Crippen molar-refractivity contribution >= 4 is 23.2 Å². The highest BCUT2D eigenvalue weighted by Crippen LogP contribution is 2.39. The summed E-state index contributed by atoms with van der Waals surface area (Å²) in [5.41, 5.74) is 3.57. The molecule has 2 aromatic rings. The number of hydrogen-bond acceptors (Lipinski definition) is 3. The Morgan fingerprint density at radius 2 is 1.73 bits per heavy atom. The van der Waals surface area contributed by atoms with E-state index in [-0.39, 0.29) is 5.92 Å². The van der Waals surface area contributed by atoms with Gasteiger partial charge in [-0.05, 0) is 41.0 Å². The number of methoxy groups -OCH3 is 2. The monoisotopic (exact) mass is 337 g/mol. The van der Waals surface area contributed by atoms with Crippen LogP contribution in [0.15, 0.2) is 30.3 Å². The van der Waals surface area contributed by atoms with Crippen LogP contribution in [0.5, 0.6) is 11.5 Å². The second kappa shape index (κ2) is 6.37. The van der Waals surface area contributed by atoms with Gasteiger partial charge in [0.1, 0.15) is 0 Å². The molecule has 5 heteroatoms. The molecule has 0 fully saturated rings. The minimum absolute atomic E-state index is 0.207. The third-order valence-corrected chi connectivity index (χ3v) is 4.77. The van der Waals surface area contributed by atoms with Crippen molar-refractivity contribution in [3.63, 3.8) is 0 Å². The maximum Gasteiger partial charge on any atom is 0.161 e. The first-order chi connectivity index (χ1) is 10.6. The van der Waals surface area contributed by atoms with Gasteiger partial charge in [-0.3, -0.25) is 0 Å². The molecule has 22 heavy (non-hydrogen) atoms. The lowest BCUT2D eigenvalue weighted by Crippen LogP contribution is -2.29. The van der Waals surface area contributed by atoms with Crippen LogP contribution in [0.3, 0.4) is 0 Å². The Kier molecular flexibility index (Phi) is 4.48. The predicted octanol–water partition coefficient (Wildman–Crippen LogP) is 4.25. The Labute approximate surface area is 140 Å². The van der Waals surface area contributed by atoms with E-state index in [4.69, 9.17) is 32.7 Å². The largest absolute Gasteiger partial charge is 0.493 e. The quantitative estimate of drug-likeness (QED) is 0.908. The summed E-state index contributed by atoms with van der Waals surface area (Å²) in [6.45, 7) is 1.66. The normalized spacial score (nSPS) is 17.0. The highest BCUT2D eigenvalue weighted by Gasteiger charge is 2.24. The molecule has 0 saturated carbocycles. The van der Waals surface area contributed by atoms with Gasteiger partial charge in [-0.2, -0.15) is 0 Å². The molecule has 0 bridgehead atoms. The standard InChI is InChI=1S/C17H17Cl2NO2/c1-21-16-6-11-8-20-9-13(12(11)7-17(16)22-2)10-3-4-14(18)15(19)5-10/h3-7,13,20H,8-9H2,1-2H3. The lowest BCUT2D eigenvalue weighted by atomic mass is 9.85. The van der Waals surface area contributed by atoms with Gasteiger partial charge in [0.15, 0.2) is 11.5 Å². The van der Waals surface area contributed by atoms with E-state index in [0.29, 0.717) is 10.0 Å². The highest BCUT2D eigenvalue weighted by atomic mass is 35.5. The molecule has 3 nitrogen and oxygen atoms in total. The van der Waals surface area contributed by atoms with Crippen molar-refractivity contribution in [2.24, 2.45) is 0 Å². The summed E-state index contributed by atoms with van der Waals surface area (Å²) < 4.78 is 10.8. The summed E-state index contributed by atoms with van der Waals surface area (Å²) in [5, 5.41) is 4.59. The molecule has 1 N–H and O–H groups in total. The number of benzene rings is 2.